The Kier molecular flexibility index (Phi) is 3.44. The van der Waals surface area contributed by atoms with E-state index >= 15 is 0 Å². The zero-order chi connectivity index (χ0) is 9.14. The van der Waals surface area contributed by atoms with Crippen molar-refractivity contribution < 1.29 is 9.53 Å². The minimum atomic E-state index is -0.156. The minimum absolute atomic E-state index is 0.113. The SMILES string of the molecule is CC[C@H]1SC(OC(C)=O)CC1C. The molecule has 1 heterocycles. The van der Waals surface area contributed by atoms with E-state index in [1.807, 2.05) is 0 Å². The molecule has 70 valence electrons. The third-order valence-electron chi connectivity index (χ3n) is 2.23. The lowest BCUT2D eigenvalue weighted by Gasteiger charge is -2.10. The van der Waals surface area contributed by atoms with Crippen LogP contribution in [0.15, 0.2) is 0 Å². The van der Waals surface area contributed by atoms with Crippen LogP contribution >= 0.6 is 11.8 Å². The maximum atomic E-state index is 10.7. The summed E-state index contributed by atoms with van der Waals surface area (Å²) in [7, 11) is 0. The van der Waals surface area contributed by atoms with E-state index in [1.165, 1.54) is 13.3 Å². The normalized spacial score (nSPS) is 35.1. The fraction of sp³-hybridized carbons (Fsp3) is 0.889. The van der Waals surface area contributed by atoms with Crippen molar-refractivity contribution in [3.63, 3.8) is 0 Å². The number of carbonyl (C=O) groups excluding carboxylic acids is 1. The molecular weight excluding hydrogens is 172 g/mol. The van der Waals surface area contributed by atoms with Crippen molar-refractivity contribution in [1.29, 1.82) is 0 Å². The predicted molar refractivity (Wildman–Crippen MR) is 51.0 cm³/mol. The van der Waals surface area contributed by atoms with E-state index in [0.717, 1.165) is 6.42 Å². The van der Waals surface area contributed by atoms with Crippen LogP contribution in [0.2, 0.25) is 0 Å². The van der Waals surface area contributed by atoms with Crippen LogP contribution < -0.4 is 0 Å². The molecule has 0 N–H and O–H groups in total. The highest BCUT2D eigenvalue weighted by Gasteiger charge is 2.32. The van der Waals surface area contributed by atoms with Gasteiger partial charge >= 0.3 is 5.97 Å². The first-order valence-corrected chi connectivity index (χ1v) is 5.40. The summed E-state index contributed by atoms with van der Waals surface area (Å²) in [6.45, 7) is 5.89. The van der Waals surface area contributed by atoms with Crippen molar-refractivity contribution >= 4 is 17.7 Å². The average Bonchev–Trinajstić information content (AvgIpc) is 2.29. The Labute approximate surface area is 78.1 Å². The van der Waals surface area contributed by atoms with Crippen molar-refractivity contribution in [2.75, 3.05) is 0 Å². The second-order valence-electron chi connectivity index (χ2n) is 3.33. The fourth-order valence-electron chi connectivity index (χ4n) is 1.60. The first-order valence-electron chi connectivity index (χ1n) is 4.46. The molecule has 1 aliphatic heterocycles. The Morgan fingerprint density at radius 1 is 1.67 bits per heavy atom. The lowest BCUT2D eigenvalue weighted by molar-refractivity contribution is -0.142. The average molecular weight is 188 g/mol. The molecule has 0 aromatic carbocycles. The number of hydrogen-bond donors (Lipinski definition) is 0. The van der Waals surface area contributed by atoms with E-state index < -0.39 is 0 Å². The van der Waals surface area contributed by atoms with Gasteiger partial charge in [0.05, 0.1) is 0 Å². The van der Waals surface area contributed by atoms with Crippen molar-refractivity contribution in [3.05, 3.63) is 0 Å². The third kappa shape index (κ3) is 2.41. The van der Waals surface area contributed by atoms with Gasteiger partial charge in [0, 0.05) is 12.2 Å². The quantitative estimate of drug-likeness (QED) is 0.622. The molecule has 0 radical (unpaired) electrons. The highest BCUT2D eigenvalue weighted by molar-refractivity contribution is 8.00. The zero-order valence-electron chi connectivity index (χ0n) is 7.87. The number of esters is 1. The molecule has 2 nitrogen and oxygen atoms in total. The summed E-state index contributed by atoms with van der Waals surface area (Å²) in [4.78, 5) is 10.7. The van der Waals surface area contributed by atoms with Crippen molar-refractivity contribution in [2.45, 2.75) is 44.3 Å². The molecule has 1 rings (SSSR count). The van der Waals surface area contributed by atoms with E-state index in [2.05, 4.69) is 13.8 Å². The van der Waals surface area contributed by atoms with E-state index in [1.54, 1.807) is 11.8 Å². The van der Waals surface area contributed by atoms with E-state index in [4.69, 9.17) is 4.74 Å². The van der Waals surface area contributed by atoms with Gasteiger partial charge in [-0.1, -0.05) is 13.8 Å². The van der Waals surface area contributed by atoms with Gasteiger partial charge in [-0.05, 0) is 18.8 Å². The molecule has 0 aromatic heterocycles. The van der Waals surface area contributed by atoms with Crippen LogP contribution in [-0.2, 0) is 9.53 Å². The standard InChI is InChI=1S/C9H16O2S/c1-4-8-6(2)5-9(12-8)11-7(3)10/h6,8-9H,4-5H2,1-3H3/t6?,8-,9?/m1/s1. The molecule has 0 aliphatic carbocycles. The zero-order valence-corrected chi connectivity index (χ0v) is 8.69. The third-order valence-corrected chi connectivity index (χ3v) is 3.97. The lowest BCUT2D eigenvalue weighted by Crippen LogP contribution is -2.09. The largest absolute Gasteiger partial charge is 0.451 e. The highest BCUT2D eigenvalue weighted by Crippen LogP contribution is 2.40. The van der Waals surface area contributed by atoms with Gasteiger partial charge in [0.25, 0.3) is 0 Å². The summed E-state index contributed by atoms with van der Waals surface area (Å²) in [5.41, 5.74) is 0.113. The van der Waals surface area contributed by atoms with Crippen LogP contribution in [0.3, 0.4) is 0 Å². The van der Waals surface area contributed by atoms with Crippen molar-refractivity contribution in [2.24, 2.45) is 5.92 Å². The molecule has 1 aliphatic rings. The monoisotopic (exact) mass is 188 g/mol. The fourth-order valence-corrected chi connectivity index (χ4v) is 3.17. The summed E-state index contributed by atoms with van der Waals surface area (Å²) < 4.78 is 5.14. The Hall–Kier alpha value is -0.180. The molecule has 0 aromatic rings. The molecule has 2 unspecified atom stereocenters. The van der Waals surface area contributed by atoms with Gasteiger partial charge in [0.1, 0.15) is 5.44 Å². The van der Waals surface area contributed by atoms with E-state index in [9.17, 15) is 4.79 Å². The second kappa shape index (κ2) is 4.17. The topological polar surface area (TPSA) is 26.3 Å². The van der Waals surface area contributed by atoms with Crippen LogP contribution in [0.5, 0.6) is 0 Å². The molecular formula is C9H16O2S. The van der Waals surface area contributed by atoms with Gasteiger partial charge in [-0.2, -0.15) is 0 Å². The number of carbonyl (C=O) groups is 1. The molecule has 0 spiro atoms. The Bertz CT molecular complexity index is 170. The number of hydrogen-bond acceptors (Lipinski definition) is 3. The van der Waals surface area contributed by atoms with E-state index in [0.29, 0.717) is 11.2 Å². The highest BCUT2D eigenvalue weighted by atomic mass is 32.2. The molecule has 1 saturated heterocycles. The first-order chi connectivity index (χ1) is 5.63. The summed E-state index contributed by atoms with van der Waals surface area (Å²) in [5, 5.41) is 0.675. The van der Waals surface area contributed by atoms with Gasteiger partial charge < -0.3 is 4.74 Å². The minimum Gasteiger partial charge on any atom is -0.451 e. The molecule has 12 heavy (non-hydrogen) atoms. The van der Waals surface area contributed by atoms with Crippen LogP contribution in [0.4, 0.5) is 0 Å². The predicted octanol–water partition coefficient (Wildman–Crippen LogP) is 2.43. The van der Waals surface area contributed by atoms with E-state index in [-0.39, 0.29) is 11.4 Å². The Morgan fingerprint density at radius 3 is 2.75 bits per heavy atom. The molecule has 1 fully saturated rings. The maximum absolute atomic E-state index is 10.7. The van der Waals surface area contributed by atoms with Crippen LogP contribution in [0, 0.1) is 5.92 Å². The van der Waals surface area contributed by atoms with Gasteiger partial charge in [0.15, 0.2) is 0 Å². The molecule has 3 atom stereocenters. The maximum Gasteiger partial charge on any atom is 0.303 e. The number of ether oxygens (including phenoxy) is 1. The van der Waals surface area contributed by atoms with Gasteiger partial charge in [0.2, 0.25) is 0 Å². The summed E-state index contributed by atoms with van der Waals surface area (Å²) in [6.07, 6.45) is 2.19. The van der Waals surface area contributed by atoms with Crippen LogP contribution in [0.1, 0.15) is 33.6 Å². The molecule has 3 heteroatoms. The van der Waals surface area contributed by atoms with Crippen molar-refractivity contribution in [1.82, 2.24) is 0 Å². The van der Waals surface area contributed by atoms with Crippen LogP contribution in [0.25, 0.3) is 0 Å². The molecule has 0 amide bonds. The lowest BCUT2D eigenvalue weighted by atomic mass is 10.0. The second-order valence-corrected chi connectivity index (χ2v) is 4.74. The number of rotatable bonds is 2. The van der Waals surface area contributed by atoms with Gasteiger partial charge in [-0.25, -0.2) is 0 Å². The summed E-state index contributed by atoms with van der Waals surface area (Å²) >= 11 is 1.80. The summed E-state index contributed by atoms with van der Waals surface area (Å²) in [5.74, 6) is 0.529. The Morgan fingerprint density at radius 2 is 2.33 bits per heavy atom. The number of thioether (sulfide) groups is 1. The summed E-state index contributed by atoms with van der Waals surface area (Å²) in [6, 6.07) is 0. The smallest absolute Gasteiger partial charge is 0.303 e. The van der Waals surface area contributed by atoms with Crippen LogP contribution in [-0.4, -0.2) is 16.7 Å². The van der Waals surface area contributed by atoms with Crippen molar-refractivity contribution in [3.8, 4) is 0 Å². The first kappa shape index (κ1) is 9.90. The van der Waals surface area contributed by atoms with Gasteiger partial charge in [-0.3, -0.25) is 4.79 Å². The molecule has 0 bridgehead atoms. The Balaban J connectivity index is 2.37. The van der Waals surface area contributed by atoms with Gasteiger partial charge in [-0.15, -0.1) is 11.8 Å². The molecule has 0 saturated carbocycles.